The van der Waals surface area contributed by atoms with Crippen molar-refractivity contribution in [3.05, 3.63) is 12.7 Å². The maximum atomic E-state index is 11.3. The fourth-order valence-corrected chi connectivity index (χ4v) is 2.32. The number of sulfonamides is 1. The normalized spacial score (nSPS) is 18.6. The van der Waals surface area contributed by atoms with Crippen molar-refractivity contribution in [2.75, 3.05) is 0 Å². The zero-order valence-electron chi connectivity index (χ0n) is 7.77. The number of nitrogens with one attached hydrogen (secondary N) is 1. The third kappa shape index (κ3) is 2.81. The predicted molar refractivity (Wildman–Crippen MR) is 52.9 cm³/mol. The van der Waals surface area contributed by atoms with Crippen LogP contribution in [0.2, 0.25) is 0 Å². The molecule has 1 fully saturated rings. The van der Waals surface area contributed by atoms with Crippen molar-refractivity contribution >= 4 is 15.9 Å². The van der Waals surface area contributed by atoms with Crippen molar-refractivity contribution in [3.8, 4) is 0 Å². The summed E-state index contributed by atoms with van der Waals surface area (Å²) in [6.45, 7) is 3.42. The number of rotatable bonds is 5. The molecule has 1 aliphatic rings. The lowest BCUT2D eigenvalue weighted by Crippen LogP contribution is -2.44. The number of hydrogen-bond donors (Lipinski definition) is 2. The lowest BCUT2D eigenvalue weighted by molar-refractivity contribution is -0.120. The summed E-state index contributed by atoms with van der Waals surface area (Å²) in [6, 6.07) is -0.832. The number of carbonyl (C=O) groups is 1. The van der Waals surface area contributed by atoms with Gasteiger partial charge in [-0.25, -0.2) is 8.42 Å². The van der Waals surface area contributed by atoms with Crippen molar-refractivity contribution < 1.29 is 13.2 Å². The van der Waals surface area contributed by atoms with Crippen LogP contribution in [0.25, 0.3) is 0 Å². The predicted octanol–water partition coefficient (Wildman–Crippen LogP) is -0.502. The van der Waals surface area contributed by atoms with Crippen LogP contribution in [0.3, 0.4) is 0 Å². The molecular formula is C8H14N2O3S. The summed E-state index contributed by atoms with van der Waals surface area (Å²) in [4.78, 5) is 11.2. The average Bonchev–Trinajstić information content (AvgIpc) is 2.85. The van der Waals surface area contributed by atoms with E-state index in [0.29, 0.717) is 12.8 Å². The van der Waals surface area contributed by atoms with Crippen LogP contribution in [0.1, 0.15) is 19.3 Å². The first kappa shape index (κ1) is 11.2. The minimum absolute atomic E-state index is 0.270. The van der Waals surface area contributed by atoms with Gasteiger partial charge in [-0.2, -0.15) is 0 Å². The van der Waals surface area contributed by atoms with Crippen LogP contribution >= 0.6 is 0 Å². The van der Waals surface area contributed by atoms with Gasteiger partial charge in [0.05, 0.1) is 11.3 Å². The first-order valence-electron chi connectivity index (χ1n) is 4.39. The molecule has 0 spiro atoms. The Morgan fingerprint density at radius 1 is 1.64 bits per heavy atom. The van der Waals surface area contributed by atoms with E-state index in [-0.39, 0.29) is 6.42 Å². The lowest BCUT2D eigenvalue weighted by Gasteiger charge is -2.09. The second-order valence-electron chi connectivity index (χ2n) is 3.34. The van der Waals surface area contributed by atoms with Crippen LogP contribution < -0.4 is 10.5 Å². The van der Waals surface area contributed by atoms with E-state index < -0.39 is 27.2 Å². The van der Waals surface area contributed by atoms with Gasteiger partial charge in [0.1, 0.15) is 0 Å². The SMILES string of the molecule is C=CCC(N)C(=O)NS(=O)(=O)C1CC1. The molecule has 1 amide bonds. The van der Waals surface area contributed by atoms with Gasteiger partial charge in [-0.15, -0.1) is 6.58 Å². The molecule has 0 aromatic rings. The first-order valence-corrected chi connectivity index (χ1v) is 5.94. The molecule has 0 aliphatic heterocycles. The molecule has 0 aromatic carbocycles. The Kier molecular flexibility index (Phi) is 3.28. The molecule has 0 bridgehead atoms. The van der Waals surface area contributed by atoms with Gasteiger partial charge in [-0.1, -0.05) is 6.08 Å². The summed E-state index contributed by atoms with van der Waals surface area (Å²) < 4.78 is 24.6. The number of carbonyl (C=O) groups excluding carboxylic acids is 1. The fraction of sp³-hybridized carbons (Fsp3) is 0.625. The van der Waals surface area contributed by atoms with Crippen LogP contribution in [0.5, 0.6) is 0 Å². The summed E-state index contributed by atoms with van der Waals surface area (Å²) in [6.07, 6.45) is 3.00. The highest BCUT2D eigenvalue weighted by molar-refractivity contribution is 7.90. The molecular weight excluding hydrogens is 204 g/mol. The maximum Gasteiger partial charge on any atom is 0.250 e. The Morgan fingerprint density at radius 2 is 2.21 bits per heavy atom. The Bertz CT molecular complexity index is 332. The van der Waals surface area contributed by atoms with Crippen LogP contribution in [0.15, 0.2) is 12.7 Å². The molecule has 0 heterocycles. The van der Waals surface area contributed by atoms with E-state index in [2.05, 4.69) is 6.58 Å². The highest BCUT2D eigenvalue weighted by Crippen LogP contribution is 2.27. The monoisotopic (exact) mass is 218 g/mol. The third-order valence-electron chi connectivity index (χ3n) is 1.96. The van der Waals surface area contributed by atoms with Gasteiger partial charge in [-0.05, 0) is 19.3 Å². The second kappa shape index (κ2) is 4.10. The Hall–Kier alpha value is -0.880. The Labute approximate surface area is 83.4 Å². The summed E-state index contributed by atoms with van der Waals surface area (Å²) in [5, 5.41) is -0.401. The molecule has 6 heteroatoms. The van der Waals surface area contributed by atoms with Gasteiger partial charge >= 0.3 is 0 Å². The molecule has 5 nitrogen and oxygen atoms in total. The molecule has 0 radical (unpaired) electrons. The molecule has 1 unspecified atom stereocenters. The second-order valence-corrected chi connectivity index (χ2v) is 5.30. The van der Waals surface area contributed by atoms with Gasteiger partial charge in [-0.3, -0.25) is 9.52 Å². The summed E-state index contributed by atoms with van der Waals surface area (Å²) in [7, 11) is -3.46. The molecule has 80 valence electrons. The first-order chi connectivity index (χ1) is 6.47. The number of nitrogens with two attached hydrogens (primary N) is 1. The van der Waals surface area contributed by atoms with E-state index in [1.54, 1.807) is 0 Å². The van der Waals surface area contributed by atoms with Crippen molar-refractivity contribution in [1.29, 1.82) is 0 Å². The third-order valence-corrected chi connectivity index (χ3v) is 3.80. The van der Waals surface area contributed by atoms with Crippen molar-refractivity contribution in [2.45, 2.75) is 30.6 Å². The van der Waals surface area contributed by atoms with Crippen molar-refractivity contribution in [1.82, 2.24) is 4.72 Å². The molecule has 0 saturated heterocycles. The molecule has 14 heavy (non-hydrogen) atoms. The Morgan fingerprint density at radius 3 is 2.64 bits per heavy atom. The van der Waals surface area contributed by atoms with E-state index >= 15 is 0 Å². The largest absolute Gasteiger partial charge is 0.320 e. The van der Waals surface area contributed by atoms with Gasteiger partial charge in [0.2, 0.25) is 10.0 Å². The summed E-state index contributed by atoms with van der Waals surface area (Å²) in [5.74, 6) is -0.656. The molecule has 1 atom stereocenters. The average molecular weight is 218 g/mol. The molecule has 1 saturated carbocycles. The standard InChI is InChI=1S/C8H14N2O3S/c1-2-3-7(9)8(11)10-14(12,13)6-4-5-6/h2,6-7H,1,3-5,9H2,(H,10,11). The summed E-state index contributed by atoms with van der Waals surface area (Å²) in [5.41, 5.74) is 5.41. The molecule has 0 aromatic heterocycles. The van der Waals surface area contributed by atoms with E-state index in [1.165, 1.54) is 6.08 Å². The van der Waals surface area contributed by atoms with Gasteiger partial charge in [0, 0.05) is 0 Å². The van der Waals surface area contributed by atoms with Crippen LogP contribution in [-0.2, 0) is 14.8 Å². The Balaban J connectivity index is 2.51. The maximum absolute atomic E-state index is 11.3. The van der Waals surface area contributed by atoms with Crippen molar-refractivity contribution in [3.63, 3.8) is 0 Å². The molecule has 1 rings (SSSR count). The zero-order valence-corrected chi connectivity index (χ0v) is 8.59. The van der Waals surface area contributed by atoms with Crippen LogP contribution in [-0.4, -0.2) is 25.6 Å². The molecule has 3 N–H and O–H groups in total. The lowest BCUT2D eigenvalue weighted by atomic mass is 10.2. The minimum Gasteiger partial charge on any atom is -0.320 e. The summed E-state index contributed by atoms with van der Waals surface area (Å²) >= 11 is 0. The quantitative estimate of drug-likeness (QED) is 0.609. The minimum atomic E-state index is -3.46. The van der Waals surface area contributed by atoms with Gasteiger partial charge < -0.3 is 5.73 Å². The van der Waals surface area contributed by atoms with Crippen LogP contribution in [0.4, 0.5) is 0 Å². The van der Waals surface area contributed by atoms with Crippen LogP contribution in [0, 0.1) is 0 Å². The highest BCUT2D eigenvalue weighted by atomic mass is 32.2. The van der Waals surface area contributed by atoms with Crippen molar-refractivity contribution in [2.24, 2.45) is 5.73 Å². The molecule has 1 aliphatic carbocycles. The van der Waals surface area contributed by atoms with E-state index in [1.807, 2.05) is 4.72 Å². The highest BCUT2D eigenvalue weighted by Gasteiger charge is 2.37. The van der Waals surface area contributed by atoms with E-state index in [4.69, 9.17) is 5.73 Å². The van der Waals surface area contributed by atoms with Gasteiger partial charge in [0.25, 0.3) is 5.91 Å². The number of amides is 1. The topological polar surface area (TPSA) is 89.3 Å². The van der Waals surface area contributed by atoms with E-state index in [0.717, 1.165) is 0 Å². The van der Waals surface area contributed by atoms with E-state index in [9.17, 15) is 13.2 Å². The fourth-order valence-electron chi connectivity index (χ4n) is 0.964. The number of hydrogen-bond acceptors (Lipinski definition) is 4. The van der Waals surface area contributed by atoms with Gasteiger partial charge in [0.15, 0.2) is 0 Å². The smallest absolute Gasteiger partial charge is 0.250 e. The zero-order chi connectivity index (χ0) is 10.8.